The number of rotatable bonds is 6. The molecule has 2 aliphatic rings. The van der Waals surface area contributed by atoms with Gasteiger partial charge in [-0.25, -0.2) is 19.9 Å². The van der Waals surface area contributed by atoms with E-state index in [9.17, 15) is 13.2 Å². The average molecular weight is 511 g/mol. The molecular weight excluding hydrogens is 485 g/mol. The van der Waals surface area contributed by atoms with Gasteiger partial charge in [0, 0.05) is 61.7 Å². The molecule has 6 rings (SSSR count). The van der Waals surface area contributed by atoms with E-state index in [1.54, 1.807) is 18.6 Å². The quantitative estimate of drug-likeness (QED) is 0.407. The number of hydrogen-bond acceptors (Lipinski definition) is 7. The Morgan fingerprint density at radius 3 is 2.68 bits per heavy atom. The predicted octanol–water partition coefficient (Wildman–Crippen LogP) is 4.52. The molecule has 1 saturated carbocycles. The second kappa shape index (κ2) is 8.86. The van der Waals surface area contributed by atoms with Crippen LogP contribution in [0.3, 0.4) is 0 Å². The molecule has 9 nitrogen and oxygen atoms in total. The van der Waals surface area contributed by atoms with Gasteiger partial charge in [-0.3, -0.25) is 5.10 Å². The number of halogens is 3. The zero-order chi connectivity index (χ0) is 25.7. The number of alkyl halides is 3. The van der Waals surface area contributed by atoms with Crippen LogP contribution >= 0.6 is 0 Å². The number of hydrogen-bond donors (Lipinski definition) is 1. The molecule has 0 spiro atoms. The Bertz CT molecular complexity index is 1440. The summed E-state index contributed by atoms with van der Waals surface area (Å²) in [5.41, 5.74) is 4.32. The van der Waals surface area contributed by atoms with Crippen molar-refractivity contribution in [3.05, 3.63) is 53.5 Å². The van der Waals surface area contributed by atoms with E-state index in [0.29, 0.717) is 30.5 Å². The minimum Gasteiger partial charge on any atom is -0.477 e. The number of pyridine rings is 1. The molecular formula is C25H25F3N8O. The number of anilines is 1. The fourth-order valence-corrected chi connectivity index (χ4v) is 4.79. The lowest BCUT2D eigenvalue weighted by molar-refractivity contribution is -0.140. The van der Waals surface area contributed by atoms with Crippen LogP contribution in [0.15, 0.2) is 30.9 Å². The first kappa shape index (κ1) is 23.4. The van der Waals surface area contributed by atoms with E-state index in [4.69, 9.17) is 4.74 Å². The number of aromatic nitrogens is 7. The Balaban J connectivity index is 1.30. The molecule has 37 heavy (non-hydrogen) atoms. The Morgan fingerprint density at radius 2 is 2.00 bits per heavy atom. The topological polar surface area (TPSA) is 97.6 Å². The molecule has 1 aliphatic heterocycles. The molecule has 0 amide bonds. The lowest BCUT2D eigenvalue weighted by Gasteiger charge is -2.28. The van der Waals surface area contributed by atoms with Crippen molar-refractivity contribution in [2.24, 2.45) is 7.05 Å². The SMILES string of the molecule is CCOc1ncnc(C2CC2)c1-c1n[nH]c2c1CN(c1ccc(-c3nc(C(F)(F)F)cn3C)cn1)CC2. The van der Waals surface area contributed by atoms with Gasteiger partial charge in [-0.15, -0.1) is 0 Å². The number of fused-ring (bicyclic) bond motifs is 1. The summed E-state index contributed by atoms with van der Waals surface area (Å²) in [6.45, 7) is 3.71. The van der Waals surface area contributed by atoms with Crippen molar-refractivity contribution in [2.45, 2.75) is 44.8 Å². The zero-order valence-electron chi connectivity index (χ0n) is 20.4. The highest BCUT2D eigenvalue weighted by atomic mass is 19.4. The van der Waals surface area contributed by atoms with Gasteiger partial charge in [-0.05, 0) is 31.9 Å². The summed E-state index contributed by atoms with van der Waals surface area (Å²) in [6, 6.07) is 3.56. The van der Waals surface area contributed by atoms with Gasteiger partial charge in [0.05, 0.1) is 17.9 Å². The molecule has 0 unspecified atom stereocenters. The molecule has 1 fully saturated rings. The number of aromatic amines is 1. The van der Waals surface area contributed by atoms with Gasteiger partial charge in [-0.1, -0.05) is 0 Å². The molecule has 4 aromatic rings. The third kappa shape index (κ3) is 4.30. The molecule has 4 aromatic heterocycles. The van der Waals surface area contributed by atoms with Crippen molar-refractivity contribution in [1.82, 2.24) is 34.7 Å². The number of H-pyrrole nitrogens is 1. The minimum atomic E-state index is -4.50. The predicted molar refractivity (Wildman–Crippen MR) is 129 cm³/mol. The smallest absolute Gasteiger partial charge is 0.434 e. The monoisotopic (exact) mass is 510 g/mol. The second-order valence-corrected chi connectivity index (χ2v) is 9.31. The van der Waals surface area contributed by atoms with E-state index in [0.717, 1.165) is 66.0 Å². The van der Waals surface area contributed by atoms with E-state index in [1.165, 1.54) is 11.6 Å². The van der Waals surface area contributed by atoms with Crippen LogP contribution in [0, 0.1) is 0 Å². The maximum atomic E-state index is 13.1. The third-order valence-electron chi connectivity index (χ3n) is 6.75. The average Bonchev–Trinajstić information content (AvgIpc) is 3.53. The largest absolute Gasteiger partial charge is 0.477 e. The highest BCUT2D eigenvalue weighted by Gasteiger charge is 2.35. The standard InChI is InChI=1S/C25H25F3N8O/c1-3-37-24-20(21(14-4-5-14)30-13-31-24)22-16-11-36(9-8-17(16)33-34-22)19-7-6-15(10-29-19)23-32-18(12-35(23)2)25(26,27)28/h6-7,10,12-14H,3-5,8-9,11H2,1-2H3,(H,33,34). The number of aryl methyl sites for hydroxylation is 1. The van der Waals surface area contributed by atoms with E-state index in [-0.39, 0.29) is 5.82 Å². The summed E-state index contributed by atoms with van der Waals surface area (Å²) in [5, 5.41) is 7.85. The first-order chi connectivity index (χ1) is 17.8. The van der Waals surface area contributed by atoms with Crippen molar-refractivity contribution >= 4 is 5.82 Å². The van der Waals surface area contributed by atoms with Crippen LogP contribution in [0.25, 0.3) is 22.6 Å². The van der Waals surface area contributed by atoms with Crippen LogP contribution in [-0.4, -0.2) is 47.9 Å². The Labute approximate surface area is 210 Å². The zero-order valence-corrected chi connectivity index (χ0v) is 20.4. The Kier molecular flexibility index (Phi) is 5.61. The van der Waals surface area contributed by atoms with Gasteiger partial charge >= 0.3 is 6.18 Å². The van der Waals surface area contributed by atoms with Crippen molar-refractivity contribution < 1.29 is 17.9 Å². The number of nitrogens with one attached hydrogen (secondary N) is 1. The van der Waals surface area contributed by atoms with Crippen molar-refractivity contribution in [2.75, 3.05) is 18.1 Å². The minimum absolute atomic E-state index is 0.213. The van der Waals surface area contributed by atoms with E-state index in [1.807, 2.05) is 13.0 Å². The third-order valence-corrected chi connectivity index (χ3v) is 6.75. The fraction of sp³-hybridized carbons (Fsp3) is 0.400. The number of nitrogens with zero attached hydrogens (tertiary/aromatic N) is 7. The summed E-state index contributed by atoms with van der Waals surface area (Å²) >= 11 is 0. The van der Waals surface area contributed by atoms with Crippen LogP contribution in [-0.2, 0) is 26.2 Å². The number of ether oxygens (including phenoxy) is 1. The van der Waals surface area contributed by atoms with Gasteiger partial charge in [-0.2, -0.15) is 18.3 Å². The molecule has 5 heterocycles. The van der Waals surface area contributed by atoms with Crippen molar-refractivity contribution in [3.63, 3.8) is 0 Å². The van der Waals surface area contributed by atoms with Crippen molar-refractivity contribution in [1.29, 1.82) is 0 Å². The first-order valence-corrected chi connectivity index (χ1v) is 12.2. The molecule has 1 aliphatic carbocycles. The van der Waals surface area contributed by atoms with Gasteiger partial charge < -0.3 is 14.2 Å². The summed E-state index contributed by atoms with van der Waals surface area (Å²) < 4.78 is 46.4. The Hall–Kier alpha value is -3.96. The summed E-state index contributed by atoms with van der Waals surface area (Å²) in [4.78, 5) is 19.4. The summed E-state index contributed by atoms with van der Waals surface area (Å²) in [6.07, 6.45) is 2.52. The van der Waals surface area contributed by atoms with Crippen LogP contribution in [0.4, 0.5) is 19.0 Å². The Morgan fingerprint density at radius 1 is 1.16 bits per heavy atom. The first-order valence-electron chi connectivity index (χ1n) is 12.2. The maximum Gasteiger partial charge on any atom is 0.434 e. The molecule has 12 heteroatoms. The molecule has 0 aromatic carbocycles. The second-order valence-electron chi connectivity index (χ2n) is 9.31. The van der Waals surface area contributed by atoms with Crippen LogP contribution in [0.1, 0.15) is 48.3 Å². The van der Waals surface area contributed by atoms with Crippen LogP contribution < -0.4 is 9.64 Å². The summed E-state index contributed by atoms with van der Waals surface area (Å²) in [5.74, 6) is 1.87. The lowest BCUT2D eigenvalue weighted by atomic mass is 9.99. The fourth-order valence-electron chi connectivity index (χ4n) is 4.79. The number of imidazole rings is 1. The van der Waals surface area contributed by atoms with Gasteiger partial charge in [0.2, 0.25) is 5.88 Å². The lowest BCUT2D eigenvalue weighted by Crippen LogP contribution is -2.31. The summed E-state index contributed by atoms with van der Waals surface area (Å²) in [7, 11) is 1.54. The molecule has 0 radical (unpaired) electrons. The highest BCUT2D eigenvalue weighted by molar-refractivity contribution is 5.73. The van der Waals surface area contributed by atoms with Gasteiger partial charge in [0.25, 0.3) is 0 Å². The molecule has 1 N–H and O–H groups in total. The normalized spacial score (nSPS) is 15.6. The maximum absolute atomic E-state index is 13.1. The van der Waals surface area contributed by atoms with E-state index < -0.39 is 11.9 Å². The molecule has 192 valence electrons. The van der Waals surface area contributed by atoms with Crippen LogP contribution in [0.5, 0.6) is 5.88 Å². The van der Waals surface area contributed by atoms with Gasteiger partial charge in [0.15, 0.2) is 5.69 Å². The molecule has 0 atom stereocenters. The molecule has 0 saturated heterocycles. The molecule has 0 bridgehead atoms. The van der Waals surface area contributed by atoms with E-state index >= 15 is 0 Å². The van der Waals surface area contributed by atoms with Crippen molar-refractivity contribution in [3.8, 4) is 28.5 Å². The van der Waals surface area contributed by atoms with Crippen LogP contribution in [0.2, 0.25) is 0 Å². The van der Waals surface area contributed by atoms with E-state index in [2.05, 4.69) is 35.0 Å². The highest BCUT2D eigenvalue weighted by Crippen LogP contribution is 2.46. The van der Waals surface area contributed by atoms with Gasteiger partial charge in [0.1, 0.15) is 23.7 Å².